The summed E-state index contributed by atoms with van der Waals surface area (Å²) in [4.78, 5) is 11.7. The number of aliphatic hydroxyl groups excluding tert-OH is 1. The highest BCUT2D eigenvalue weighted by Gasteiger charge is 2.14. The summed E-state index contributed by atoms with van der Waals surface area (Å²) in [6.07, 6.45) is 2.04. The maximum Gasteiger partial charge on any atom is 0.314 e. The number of hydrogen-bond donors (Lipinski definition) is 4. The summed E-state index contributed by atoms with van der Waals surface area (Å²) in [5.41, 5.74) is 0.955. The Morgan fingerprint density at radius 3 is 2.86 bits per heavy atom. The maximum absolute atomic E-state index is 11.7. The van der Waals surface area contributed by atoms with Crippen LogP contribution in [0.4, 0.5) is 4.79 Å². The van der Waals surface area contributed by atoms with Crippen molar-refractivity contribution in [2.75, 3.05) is 26.2 Å². The van der Waals surface area contributed by atoms with E-state index in [0.29, 0.717) is 23.9 Å². The predicted octanol–water partition coefficient (Wildman–Crippen LogP) is 1.54. The smallest absolute Gasteiger partial charge is 0.314 e. The van der Waals surface area contributed by atoms with E-state index in [1.165, 1.54) is 0 Å². The van der Waals surface area contributed by atoms with E-state index in [2.05, 4.69) is 16.0 Å². The van der Waals surface area contributed by atoms with E-state index in [9.17, 15) is 9.90 Å². The number of halogens is 1. The average Bonchev–Trinajstić information content (AvgIpc) is 2.52. The van der Waals surface area contributed by atoms with Crippen LogP contribution in [-0.2, 0) is 6.42 Å². The Kier molecular flexibility index (Phi) is 6.96. The van der Waals surface area contributed by atoms with Gasteiger partial charge in [-0.2, -0.15) is 0 Å². The summed E-state index contributed by atoms with van der Waals surface area (Å²) in [7, 11) is 0. The summed E-state index contributed by atoms with van der Waals surface area (Å²) in [6.45, 7) is 2.96. The van der Waals surface area contributed by atoms with Gasteiger partial charge in [-0.1, -0.05) is 23.7 Å². The summed E-state index contributed by atoms with van der Waals surface area (Å²) < 4.78 is 0. The molecular weight excluding hydrogens is 302 g/mol. The van der Waals surface area contributed by atoms with Crippen molar-refractivity contribution >= 4 is 17.6 Å². The number of amides is 2. The molecule has 6 heteroatoms. The fraction of sp³-hybridized carbons (Fsp3) is 0.562. The molecule has 5 nitrogen and oxygen atoms in total. The summed E-state index contributed by atoms with van der Waals surface area (Å²) in [5, 5.41) is 19.5. The fourth-order valence-electron chi connectivity index (χ4n) is 2.60. The van der Waals surface area contributed by atoms with Crippen molar-refractivity contribution in [3.05, 3.63) is 34.9 Å². The van der Waals surface area contributed by atoms with E-state index in [0.717, 1.165) is 31.5 Å². The summed E-state index contributed by atoms with van der Waals surface area (Å²) in [5.74, 6) is 0.545. The van der Waals surface area contributed by atoms with Crippen LogP contribution in [-0.4, -0.2) is 43.4 Å². The Labute approximate surface area is 136 Å². The Morgan fingerprint density at radius 2 is 2.14 bits per heavy atom. The minimum Gasteiger partial charge on any atom is -0.391 e. The molecule has 1 saturated heterocycles. The molecule has 22 heavy (non-hydrogen) atoms. The van der Waals surface area contributed by atoms with E-state index < -0.39 is 6.10 Å². The topological polar surface area (TPSA) is 73.4 Å². The Bertz CT molecular complexity index is 478. The van der Waals surface area contributed by atoms with Gasteiger partial charge in [0.25, 0.3) is 0 Å². The van der Waals surface area contributed by atoms with E-state index >= 15 is 0 Å². The Hall–Kier alpha value is -1.30. The van der Waals surface area contributed by atoms with Gasteiger partial charge in [0, 0.05) is 24.5 Å². The van der Waals surface area contributed by atoms with E-state index in [4.69, 9.17) is 11.6 Å². The molecule has 1 aliphatic heterocycles. The molecule has 1 aromatic carbocycles. The molecule has 0 saturated carbocycles. The lowest BCUT2D eigenvalue weighted by Crippen LogP contribution is -2.43. The van der Waals surface area contributed by atoms with Gasteiger partial charge in [-0.25, -0.2) is 4.79 Å². The molecule has 1 aromatic rings. The van der Waals surface area contributed by atoms with Gasteiger partial charge >= 0.3 is 6.03 Å². The standard InChI is InChI=1S/C16H24ClN3O2/c17-14-3-1-2-13(8-14)9-15(21)11-20-16(22)19-10-12-4-6-18-7-5-12/h1-3,8,12,15,18,21H,4-7,9-11H2,(H2,19,20,22). The molecule has 1 aliphatic rings. The minimum absolute atomic E-state index is 0.219. The lowest BCUT2D eigenvalue weighted by Gasteiger charge is -2.23. The second-order valence-electron chi connectivity index (χ2n) is 5.77. The highest BCUT2D eigenvalue weighted by atomic mass is 35.5. The third-order valence-corrected chi connectivity index (χ3v) is 4.10. The molecule has 1 fully saturated rings. The first-order valence-electron chi connectivity index (χ1n) is 7.78. The normalized spacial score (nSPS) is 17.0. The molecule has 0 aliphatic carbocycles. The van der Waals surface area contributed by atoms with E-state index in [1.54, 1.807) is 6.07 Å². The first kappa shape index (κ1) is 17.1. The zero-order chi connectivity index (χ0) is 15.8. The van der Waals surface area contributed by atoms with Crippen LogP contribution in [0.15, 0.2) is 24.3 Å². The molecule has 1 heterocycles. The molecule has 0 radical (unpaired) electrons. The van der Waals surface area contributed by atoms with Gasteiger partial charge in [0.05, 0.1) is 6.10 Å². The fourth-order valence-corrected chi connectivity index (χ4v) is 2.82. The van der Waals surface area contributed by atoms with Crippen LogP contribution < -0.4 is 16.0 Å². The highest BCUT2D eigenvalue weighted by molar-refractivity contribution is 6.30. The lowest BCUT2D eigenvalue weighted by atomic mass is 9.98. The summed E-state index contributed by atoms with van der Waals surface area (Å²) >= 11 is 5.91. The van der Waals surface area contributed by atoms with Crippen molar-refractivity contribution in [1.82, 2.24) is 16.0 Å². The first-order valence-corrected chi connectivity index (χ1v) is 8.16. The second kappa shape index (κ2) is 8.98. The number of piperidine rings is 1. The van der Waals surface area contributed by atoms with Crippen LogP contribution in [0.25, 0.3) is 0 Å². The number of carbonyl (C=O) groups is 1. The first-order chi connectivity index (χ1) is 10.6. The van der Waals surface area contributed by atoms with Crippen molar-refractivity contribution < 1.29 is 9.90 Å². The van der Waals surface area contributed by atoms with E-state index in [1.807, 2.05) is 18.2 Å². The third-order valence-electron chi connectivity index (χ3n) is 3.87. The minimum atomic E-state index is -0.622. The third kappa shape index (κ3) is 6.22. The van der Waals surface area contributed by atoms with Crippen molar-refractivity contribution in [3.63, 3.8) is 0 Å². The highest BCUT2D eigenvalue weighted by Crippen LogP contribution is 2.12. The van der Waals surface area contributed by atoms with Gasteiger partial charge < -0.3 is 21.1 Å². The zero-order valence-electron chi connectivity index (χ0n) is 12.6. The van der Waals surface area contributed by atoms with Crippen molar-refractivity contribution in [2.45, 2.75) is 25.4 Å². The van der Waals surface area contributed by atoms with Crippen LogP contribution in [0.5, 0.6) is 0 Å². The summed E-state index contributed by atoms with van der Waals surface area (Å²) in [6, 6.07) is 7.16. The maximum atomic E-state index is 11.7. The van der Waals surface area contributed by atoms with Crippen LogP contribution >= 0.6 is 11.6 Å². The number of rotatable bonds is 6. The zero-order valence-corrected chi connectivity index (χ0v) is 13.4. The molecule has 2 amide bonds. The molecule has 0 aromatic heterocycles. The monoisotopic (exact) mass is 325 g/mol. The molecule has 1 atom stereocenters. The number of hydrogen-bond acceptors (Lipinski definition) is 3. The quantitative estimate of drug-likeness (QED) is 0.641. The van der Waals surface area contributed by atoms with Gasteiger partial charge in [0.15, 0.2) is 0 Å². The van der Waals surface area contributed by atoms with Gasteiger partial charge in [0.2, 0.25) is 0 Å². The van der Waals surface area contributed by atoms with Crippen LogP contribution in [0.1, 0.15) is 18.4 Å². The SMILES string of the molecule is O=C(NCC(O)Cc1cccc(Cl)c1)NCC1CCNCC1. The molecule has 0 bridgehead atoms. The molecular formula is C16H24ClN3O2. The number of aliphatic hydroxyl groups is 1. The van der Waals surface area contributed by atoms with Gasteiger partial charge in [0.1, 0.15) is 0 Å². The lowest BCUT2D eigenvalue weighted by molar-refractivity contribution is 0.170. The molecule has 4 N–H and O–H groups in total. The molecule has 122 valence electrons. The van der Waals surface area contributed by atoms with E-state index in [-0.39, 0.29) is 12.6 Å². The number of nitrogens with one attached hydrogen (secondary N) is 3. The molecule has 1 unspecified atom stereocenters. The van der Waals surface area contributed by atoms with Gasteiger partial charge in [-0.05, 0) is 49.5 Å². The predicted molar refractivity (Wildman–Crippen MR) is 88.2 cm³/mol. The Morgan fingerprint density at radius 1 is 1.36 bits per heavy atom. The number of benzene rings is 1. The van der Waals surface area contributed by atoms with Crippen LogP contribution in [0.2, 0.25) is 5.02 Å². The van der Waals surface area contributed by atoms with Gasteiger partial charge in [-0.3, -0.25) is 0 Å². The second-order valence-corrected chi connectivity index (χ2v) is 6.21. The van der Waals surface area contributed by atoms with Gasteiger partial charge in [-0.15, -0.1) is 0 Å². The van der Waals surface area contributed by atoms with Crippen LogP contribution in [0.3, 0.4) is 0 Å². The average molecular weight is 326 g/mol. The number of carbonyl (C=O) groups excluding carboxylic acids is 1. The van der Waals surface area contributed by atoms with Crippen molar-refractivity contribution in [2.24, 2.45) is 5.92 Å². The molecule has 0 spiro atoms. The largest absolute Gasteiger partial charge is 0.391 e. The van der Waals surface area contributed by atoms with Crippen molar-refractivity contribution in [3.8, 4) is 0 Å². The number of urea groups is 1. The Balaban J connectivity index is 1.62. The molecule has 2 rings (SSSR count). The van der Waals surface area contributed by atoms with Crippen molar-refractivity contribution in [1.29, 1.82) is 0 Å². The van der Waals surface area contributed by atoms with Crippen LogP contribution in [0, 0.1) is 5.92 Å².